The van der Waals surface area contributed by atoms with Crippen molar-refractivity contribution in [1.82, 2.24) is 0 Å². The molecule has 0 unspecified atom stereocenters. The van der Waals surface area contributed by atoms with E-state index in [9.17, 15) is 18.3 Å². The number of aliphatic hydroxyl groups excluding tert-OH is 1. The van der Waals surface area contributed by atoms with E-state index in [1.807, 2.05) is 0 Å². The van der Waals surface area contributed by atoms with E-state index in [1.54, 1.807) is 13.0 Å². The summed E-state index contributed by atoms with van der Waals surface area (Å²) in [4.78, 5) is 4.05. The maximum atomic E-state index is 12.4. The van der Waals surface area contributed by atoms with E-state index >= 15 is 0 Å². The fraction of sp³-hybridized carbons (Fsp3) is 0.867. The molecule has 0 aromatic rings. The van der Waals surface area contributed by atoms with Gasteiger partial charge in [-0.25, -0.2) is 0 Å². The topological polar surface area (TPSA) is 76.6 Å². The number of hydrogen-bond acceptors (Lipinski definition) is 4. The smallest absolute Gasteiger partial charge is 0.384 e. The zero-order chi connectivity index (χ0) is 16.9. The molecule has 0 heterocycles. The average molecular weight is 318 g/mol. The van der Waals surface area contributed by atoms with Crippen LogP contribution >= 0.6 is 0 Å². The first kappa shape index (κ1) is 17.2. The van der Waals surface area contributed by atoms with Crippen LogP contribution in [0.25, 0.3) is 0 Å². The number of nitrogens with zero attached hydrogens (tertiary/aromatic N) is 2. The number of alkyl halides is 3. The molecule has 0 amide bonds. The van der Waals surface area contributed by atoms with E-state index in [-0.39, 0.29) is 11.3 Å². The number of aliphatic imine (C=N–C) groups is 1. The number of nitriles is 1. The van der Waals surface area contributed by atoms with Gasteiger partial charge in [-0.3, -0.25) is 4.99 Å². The SMILES string of the molecule is CC1(C)[C@H]2CC(=N[C@H](C#N)C[C@H](O)C(F)(F)F)[C@](C)(O)[C@@H]1C2. The molecule has 0 aromatic heterocycles. The Bertz CT molecular complexity index is 520. The Labute approximate surface area is 127 Å². The minimum Gasteiger partial charge on any atom is -0.384 e. The van der Waals surface area contributed by atoms with Crippen LogP contribution in [0, 0.1) is 28.6 Å². The van der Waals surface area contributed by atoms with Crippen molar-refractivity contribution >= 4 is 5.71 Å². The van der Waals surface area contributed by atoms with Crippen molar-refractivity contribution < 1.29 is 23.4 Å². The molecular formula is C15H21F3N2O2. The van der Waals surface area contributed by atoms with E-state index in [0.717, 1.165) is 6.42 Å². The second kappa shape index (κ2) is 5.20. The molecule has 2 N–H and O–H groups in total. The lowest BCUT2D eigenvalue weighted by Gasteiger charge is -2.62. The highest BCUT2D eigenvalue weighted by molar-refractivity contribution is 5.94. The van der Waals surface area contributed by atoms with Gasteiger partial charge in [0.1, 0.15) is 11.6 Å². The van der Waals surface area contributed by atoms with Gasteiger partial charge in [0, 0.05) is 12.1 Å². The number of fused-ring (bicyclic) bond motifs is 2. The summed E-state index contributed by atoms with van der Waals surface area (Å²) in [5.74, 6) is 0.313. The Hall–Kier alpha value is -1.13. The highest BCUT2D eigenvalue weighted by Gasteiger charge is 2.61. The van der Waals surface area contributed by atoms with Crippen molar-refractivity contribution in [3.05, 3.63) is 0 Å². The largest absolute Gasteiger partial charge is 0.414 e. The van der Waals surface area contributed by atoms with Crippen LogP contribution in [0.5, 0.6) is 0 Å². The van der Waals surface area contributed by atoms with Crippen LogP contribution in [0.15, 0.2) is 4.99 Å². The average Bonchev–Trinajstić information content (AvgIpc) is 2.37. The van der Waals surface area contributed by atoms with Gasteiger partial charge in [-0.05, 0) is 37.0 Å². The van der Waals surface area contributed by atoms with Gasteiger partial charge < -0.3 is 10.2 Å². The molecule has 0 aromatic carbocycles. The molecule has 3 aliphatic carbocycles. The van der Waals surface area contributed by atoms with Gasteiger partial charge >= 0.3 is 6.18 Å². The summed E-state index contributed by atoms with van der Waals surface area (Å²) >= 11 is 0. The monoisotopic (exact) mass is 318 g/mol. The van der Waals surface area contributed by atoms with Crippen molar-refractivity contribution in [1.29, 1.82) is 5.26 Å². The normalized spacial score (nSPS) is 38.0. The number of rotatable bonds is 3. The molecule has 0 radical (unpaired) electrons. The van der Waals surface area contributed by atoms with Crippen LogP contribution in [0.3, 0.4) is 0 Å². The van der Waals surface area contributed by atoms with Gasteiger partial charge in [0.25, 0.3) is 0 Å². The Morgan fingerprint density at radius 2 is 2.00 bits per heavy atom. The van der Waals surface area contributed by atoms with E-state index in [0.29, 0.717) is 18.1 Å². The molecule has 3 rings (SSSR count). The molecular weight excluding hydrogens is 297 g/mol. The minimum atomic E-state index is -4.77. The first-order chi connectivity index (χ1) is 9.90. The van der Waals surface area contributed by atoms with Crippen molar-refractivity contribution in [2.24, 2.45) is 22.2 Å². The van der Waals surface area contributed by atoms with Gasteiger partial charge in [0.15, 0.2) is 6.10 Å². The highest BCUT2D eigenvalue weighted by Crippen LogP contribution is 2.61. The molecule has 7 heteroatoms. The van der Waals surface area contributed by atoms with E-state index < -0.39 is 30.3 Å². The fourth-order valence-corrected chi connectivity index (χ4v) is 3.81. The van der Waals surface area contributed by atoms with Crippen molar-refractivity contribution in [2.45, 2.75) is 64.0 Å². The standard InChI is InChI=1S/C15H21F3N2O2/c1-13(2)8-4-10(13)14(3,22)11(5-8)20-9(7-19)6-12(21)15(16,17)18/h8-10,12,21-22H,4-6H2,1-3H3/t8-,9+,10-,12+,14-/m1/s1. The Morgan fingerprint density at radius 3 is 2.41 bits per heavy atom. The molecule has 4 nitrogen and oxygen atoms in total. The highest BCUT2D eigenvalue weighted by atomic mass is 19.4. The minimum absolute atomic E-state index is 0.00983. The number of hydrogen-bond donors (Lipinski definition) is 2. The lowest BCUT2D eigenvalue weighted by Crippen LogP contribution is -2.65. The van der Waals surface area contributed by atoms with Crippen LogP contribution in [0.2, 0.25) is 0 Å². The van der Waals surface area contributed by atoms with Gasteiger partial charge in [0.2, 0.25) is 0 Å². The predicted molar refractivity (Wildman–Crippen MR) is 74.1 cm³/mol. The van der Waals surface area contributed by atoms with Crippen LogP contribution in [-0.2, 0) is 0 Å². The van der Waals surface area contributed by atoms with Crippen molar-refractivity contribution in [3.8, 4) is 6.07 Å². The molecule has 3 aliphatic rings. The van der Waals surface area contributed by atoms with Crippen LogP contribution in [0.1, 0.15) is 40.0 Å². The summed E-state index contributed by atoms with van der Waals surface area (Å²) in [7, 11) is 0. The molecule has 3 saturated carbocycles. The Balaban J connectivity index is 2.17. The summed E-state index contributed by atoms with van der Waals surface area (Å²) in [6.45, 7) is 5.74. The quantitative estimate of drug-likeness (QED) is 0.839. The summed E-state index contributed by atoms with van der Waals surface area (Å²) in [6.07, 6.45) is -6.81. The van der Waals surface area contributed by atoms with Gasteiger partial charge in [-0.1, -0.05) is 13.8 Å². The Kier molecular flexibility index (Phi) is 4.08. The maximum absolute atomic E-state index is 12.4. The molecule has 3 fully saturated rings. The lowest BCUT2D eigenvalue weighted by atomic mass is 9.44. The van der Waals surface area contributed by atoms with E-state index in [2.05, 4.69) is 18.8 Å². The Morgan fingerprint density at radius 1 is 1.41 bits per heavy atom. The first-order valence-electron chi connectivity index (χ1n) is 7.34. The summed E-state index contributed by atoms with van der Waals surface area (Å²) in [6, 6.07) is 0.375. The van der Waals surface area contributed by atoms with E-state index in [4.69, 9.17) is 10.4 Å². The number of halogens is 3. The first-order valence-corrected chi connectivity index (χ1v) is 7.34. The fourth-order valence-electron chi connectivity index (χ4n) is 3.81. The molecule has 2 bridgehead atoms. The van der Waals surface area contributed by atoms with Crippen molar-refractivity contribution in [3.63, 3.8) is 0 Å². The molecule has 124 valence electrons. The van der Waals surface area contributed by atoms with Gasteiger partial charge in [0.05, 0.1) is 6.07 Å². The van der Waals surface area contributed by atoms with Gasteiger partial charge in [-0.2, -0.15) is 18.4 Å². The predicted octanol–water partition coefficient (Wildman–Crippen LogP) is 2.45. The third kappa shape index (κ3) is 2.74. The van der Waals surface area contributed by atoms with Crippen LogP contribution < -0.4 is 0 Å². The zero-order valence-electron chi connectivity index (χ0n) is 12.9. The zero-order valence-corrected chi connectivity index (χ0v) is 12.9. The third-order valence-electron chi connectivity index (χ3n) is 5.46. The second-order valence-electron chi connectivity index (χ2n) is 7.17. The summed E-state index contributed by atoms with van der Waals surface area (Å²) in [5, 5.41) is 28.8. The molecule has 0 saturated heterocycles. The molecule has 0 aliphatic heterocycles. The van der Waals surface area contributed by atoms with Crippen LogP contribution in [0.4, 0.5) is 13.2 Å². The number of aliphatic hydroxyl groups is 2. The molecule has 0 spiro atoms. The molecule has 5 atom stereocenters. The molecule has 22 heavy (non-hydrogen) atoms. The van der Waals surface area contributed by atoms with E-state index in [1.165, 1.54) is 0 Å². The lowest BCUT2D eigenvalue weighted by molar-refractivity contribution is -0.205. The third-order valence-corrected chi connectivity index (χ3v) is 5.46. The summed E-state index contributed by atoms with van der Waals surface area (Å²) in [5.41, 5.74) is -0.860. The van der Waals surface area contributed by atoms with Gasteiger partial charge in [-0.15, -0.1) is 0 Å². The second-order valence-corrected chi connectivity index (χ2v) is 7.17. The van der Waals surface area contributed by atoms with Crippen molar-refractivity contribution in [2.75, 3.05) is 0 Å². The summed E-state index contributed by atoms with van der Waals surface area (Å²) < 4.78 is 37.2. The maximum Gasteiger partial charge on any atom is 0.414 e. The van der Waals surface area contributed by atoms with Crippen LogP contribution in [-0.4, -0.2) is 39.8 Å².